The molecule has 1 atom stereocenters. The van der Waals surface area contributed by atoms with Gasteiger partial charge in [0.25, 0.3) is 11.6 Å². The minimum Gasteiger partial charge on any atom is -0.349 e. The quantitative estimate of drug-likeness (QED) is 0.497. The molecule has 110 valence electrons. The Balaban J connectivity index is 2.98. The number of rotatable bonds is 6. The van der Waals surface area contributed by atoms with Gasteiger partial charge < -0.3 is 5.32 Å². The van der Waals surface area contributed by atoms with Crippen molar-refractivity contribution >= 4 is 23.2 Å². The largest absolute Gasteiger partial charge is 0.349 e. The first kappa shape index (κ1) is 16.4. The molecule has 0 aliphatic rings. The van der Waals surface area contributed by atoms with Gasteiger partial charge in [-0.25, -0.2) is 0 Å². The van der Waals surface area contributed by atoms with E-state index < -0.39 is 4.92 Å². The predicted molar refractivity (Wildman–Crippen MR) is 79.3 cm³/mol. The Hall–Kier alpha value is -1.62. The highest BCUT2D eigenvalue weighted by Crippen LogP contribution is 2.21. The maximum absolute atomic E-state index is 12.3. The number of alkyl halides is 1. The number of nitrogens with zero attached hydrogens (tertiary/aromatic N) is 1. The maximum atomic E-state index is 12.3. The Morgan fingerprint density at radius 2 is 2.10 bits per heavy atom. The van der Waals surface area contributed by atoms with Crippen LogP contribution in [0.25, 0.3) is 0 Å². The second-order valence-corrected chi connectivity index (χ2v) is 5.39. The van der Waals surface area contributed by atoms with E-state index in [1.54, 1.807) is 13.0 Å². The van der Waals surface area contributed by atoms with E-state index in [0.717, 1.165) is 0 Å². The van der Waals surface area contributed by atoms with Gasteiger partial charge in [-0.15, -0.1) is 11.6 Å². The SMILES string of the molecule is Cc1c(C(=O)NC(CCCl)C(C)C)cccc1[N+](=O)[O-]. The van der Waals surface area contributed by atoms with Crippen molar-refractivity contribution in [3.05, 3.63) is 39.4 Å². The average Bonchev–Trinajstić information content (AvgIpc) is 2.37. The van der Waals surface area contributed by atoms with E-state index in [9.17, 15) is 14.9 Å². The molecule has 1 N–H and O–H groups in total. The Kier molecular flexibility index (Phi) is 5.95. The molecule has 1 aromatic carbocycles. The minimum atomic E-state index is -0.481. The molecule has 0 heterocycles. The number of hydrogen-bond donors (Lipinski definition) is 1. The Morgan fingerprint density at radius 1 is 1.45 bits per heavy atom. The predicted octanol–water partition coefficient (Wildman–Crippen LogP) is 3.29. The van der Waals surface area contributed by atoms with E-state index in [0.29, 0.717) is 23.4 Å². The number of amides is 1. The van der Waals surface area contributed by atoms with Crippen LogP contribution >= 0.6 is 11.6 Å². The summed E-state index contributed by atoms with van der Waals surface area (Å²) in [5, 5.41) is 13.8. The van der Waals surface area contributed by atoms with Crippen molar-refractivity contribution in [2.45, 2.75) is 33.2 Å². The monoisotopic (exact) mass is 298 g/mol. The van der Waals surface area contributed by atoms with Crippen molar-refractivity contribution in [2.24, 2.45) is 5.92 Å². The molecule has 20 heavy (non-hydrogen) atoms. The normalized spacial score (nSPS) is 12.2. The van der Waals surface area contributed by atoms with E-state index in [1.807, 2.05) is 13.8 Å². The lowest BCUT2D eigenvalue weighted by molar-refractivity contribution is -0.385. The summed E-state index contributed by atoms with van der Waals surface area (Å²) in [7, 11) is 0. The summed E-state index contributed by atoms with van der Waals surface area (Å²) in [6.07, 6.45) is 0.666. The fraction of sp³-hybridized carbons (Fsp3) is 0.500. The van der Waals surface area contributed by atoms with Crippen LogP contribution in [0.2, 0.25) is 0 Å². The van der Waals surface area contributed by atoms with E-state index in [1.165, 1.54) is 12.1 Å². The molecule has 0 aliphatic carbocycles. The first-order chi connectivity index (χ1) is 9.38. The highest BCUT2D eigenvalue weighted by Gasteiger charge is 2.21. The van der Waals surface area contributed by atoms with Gasteiger partial charge in [0.2, 0.25) is 0 Å². The molecule has 0 saturated carbocycles. The minimum absolute atomic E-state index is 0.0429. The molecule has 1 rings (SSSR count). The summed E-state index contributed by atoms with van der Waals surface area (Å²) in [4.78, 5) is 22.7. The Bertz CT molecular complexity index is 503. The lowest BCUT2D eigenvalue weighted by Gasteiger charge is -2.21. The van der Waals surface area contributed by atoms with Crippen molar-refractivity contribution < 1.29 is 9.72 Å². The van der Waals surface area contributed by atoms with Gasteiger partial charge in [0.15, 0.2) is 0 Å². The molecule has 0 saturated heterocycles. The summed E-state index contributed by atoms with van der Waals surface area (Å²) in [5.41, 5.74) is 0.666. The molecule has 1 aromatic rings. The molecule has 6 heteroatoms. The maximum Gasteiger partial charge on any atom is 0.273 e. The highest BCUT2D eigenvalue weighted by atomic mass is 35.5. The van der Waals surface area contributed by atoms with Gasteiger partial charge in [-0.2, -0.15) is 0 Å². The van der Waals surface area contributed by atoms with Crippen molar-refractivity contribution in [1.82, 2.24) is 5.32 Å². The molecular weight excluding hydrogens is 280 g/mol. The Morgan fingerprint density at radius 3 is 2.60 bits per heavy atom. The van der Waals surface area contributed by atoms with Gasteiger partial charge in [-0.1, -0.05) is 19.9 Å². The lowest BCUT2D eigenvalue weighted by atomic mass is 10.00. The third-order valence-electron chi connectivity index (χ3n) is 3.29. The zero-order valence-corrected chi connectivity index (χ0v) is 12.6. The summed E-state index contributed by atoms with van der Waals surface area (Å²) in [6.45, 7) is 5.58. The van der Waals surface area contributed by atoms with Crippen LogP contribution < -0.4 is 5.32 Å². The Labute approximate surface area is 123 Å². The lowest BCUT2D eigenvalue weighted by Crippen LogP contribution is -2.39. The molecule has 0 spiro atoms. The number of hydrogen-bond acceptors (Lipinski definition) is 3. The van der Waals surface area contributed by atoms with Crippen molar-refractivity contribution in [3.63, 3.8) is 0 Å². The van der Waals surface area contributed by atoms with Crippen molar-refractivity contribution in [2.75, 3.05) is 5.88 Å². The molecule has 0 aromatic heterocycles. The van der Waals surface area contributed by atoms with E-state index in [-0.39, 0.29) is 23.6 Å². The summed E-state index contributed by atoms with van der Waals surface area (Å²) < 4.78 is 0. The summed E-state index contributed by atoms with van der Waals surface area (Å²) >= 11 is 5.73. The standard InChI is InChI=1S/C14H19ClN2O3/c1-9(2)12(7-8-15)16-14(18)11-5-4-6-13(10(11)3)17(19)20/h4-6,9,12H,7-8H2,1-3H3,(H,16,18). The summed E-state index contributed by atoms with van der Waals surface area (Å²) in [5.74, 6) is 0.406. The number of carbonyl (C=O) groups excluding carboxylic acids is 1. The molecule has 0 fully saturated rings. The molecule has 1 unspecified atom stereocenters. The number of nitro groups is 1. The van der Waals surface area contributed by atoms with E-state index in [4.69, 9.17) is 11.6 Å². The third kappa shape index (κ3) is 3.93. The van der Waals surface area contributed by atoms with Crippen LogP contribution in [0.3, 0.4) is 0 Å². The topological polar surface area (TPSA) is 72.2 Å². The molecule has 5 nitrogen and oxygen atoms in total. The molecule has 0 bridgehead atoms. The fourth-order valence-corrected chi connectivity index (χ4v) is 2.24. The molecular formula is C14H19ClN2O3. The number of nitrogens with one attached hydrogen (secondary N) is 1. The fourth-order valence-electron chi connectivity index (χ4n) is 2.00. The van der Waals surface area contributed by atoms with Crippen LogP contribution in [0.5, 0.6) is 0 Å². The second kappa shape index (κ2) is 7.24. The number of benzene rings is 1. The molecule has 0 radical (unpaired) electrons. The first-order valence-electron chi connectivity index (χ1n) is 6.49. The van der Waals surface area contributed by atoms with Crippen molar-refractivity contribution in [3.8, 4) is 0 Å². The number of halogens is 1. The van der Waals surface area contributed by atoms with Gasteiger partial charge in [0, 0.05) is 29.1 Å². The van der Waals surface area contributed by atoms with Gasteiger partial charge in [-0.3, -0.25) is 14.9 Å². The average molecular weight is 299 g/mol. The second-order valence-electron chi connectivity index (χ2n) is 5.01. The third-order valence-corrected chi connectivity index (χ3v) is 3.51. The van der Waals surface area contributed by atoms with Crippen LogP contribution in [0.15, 0.2) is 18.2 Å². The van der Waals surface area contributed by atoms with Gasteiger partial charge in [0.05, 0.1) is 4.92 Å². The number of carbonyl (C=O) groups is 1. The van der Waals surface area contributed by atoms with Gasteiger partial charge >= 0.3 is 0 Å². The zero-order chi connectivity index (χ0) is 15.3. The molecule has 0 aliphatic heterocycles. The first-order valence-corrected chi connectivity index (χ1v) is 7.02. The van der Waals surface area contributed by atoms with E-state index >= 15 is 0 Å². The number of nitro benzene ring substituents is 1. The summed E-state index contributed by atoms with van der Waals surface area (Å²) in [6, 6.07) is 4.46. The van der Waals surface area contributed by atoms with Crippen molar-refractivity contribution in [1.29, 1.82) is 0 Å². The smallest absolute Gasteiger partial charge is 0.273 e. The van der Waals surface area contributed by atoms with Crippen LogP contribution in [0, 0.1) is 23.0 Å². The van der Waals surface area contributed by atoms with E-state index in [2.05, 4.69) is 5.32 Å². The highest BCUT2D eigenvalue weighted by molar-refractivity contribution is 6.17. The molecule has 1 amide bonds. The van der Waals surface area contributed by atoms with Crippen LogP contribution in [0.4, 0.5) is 5.69 Å². The van der Waals surface area contributed by atoms with Crippen LogP contribution in [-0.4, -0.2) is 22.8 Å². The van der Waals surface area contributed by atoms with Crippen LogP contribution in [-0.2, 0) is 0 Å². The van der Waals surface area contributed by atoms with Crippen LogP contribution in [0.1, 0.15) is 36.2 Å². The van der Waals surface area contributed by atoms with Gasteiger partial charge in [0.1, 0.15) is 0 Å². The zero-order valence-electron chi connectivity index (χ0n) is 11.9. The van der Waals surface area contributed by atoms with Gasteiger partial charge in [-0.05, 0) is 25.3 Å².